The highest BCUT2D eigenvalue weighted by molar-refractivity contribution is 6.05. The van der Waals surface area contributed by atoms with Crippen LogP contribution in [0.1, 0.15) is 15.9 Å². The van der Waals surface area contributed by atoms with Crippen LogP contribution in [0.15, 0.2) is 42.5 Å². The van der Waals surface area contributed by atoms with Gasteiger partial charge >= 0.3 is 5.69 Å². The topological polar surface area (TPSA) is 93.9 Å². The number of nitro groups is 1. The van der Waals surface area contributed by atoms with E-state index in [1.54, 1.807) is 0 Å². The molecule has 0 aromatic heterocycles. The van der Waals surface area contributed by atoms with Gasteiger partial charge in [-0.25, -0.2) is 0 Å². The van der Waals surface area contributed by atoms with E-state index in [4.69, 9.17) is 9.47 Å². The molecule has 1 amide bonds. The van der Waals surface area contributed by atoms with Crippen molar-refractivity contribution in [3.05, 3.63) is 63.7 Å². The number of benzene rings is 2. The average molecular weight is 371 g/mol. The molecule has 0 bridgehead atoms. The van der Waals surface area contributed by atoms with Gasteiger partial charge in [-0.05, 0) is 23.8 Å². The maximum absolute atomic E-state index is 12.6. The number of carbonyl (C=O) groups excluding carboxylic acids is 1. The number of morpholine rings is 1. The Bertz CT molecular complexity index is 834. The SMILES string of the molecule is COc1ccc(C(=O)Nc2ccccc2CN2CCOCC2)cc1[N+](=O)[O-]. The van der Waals surface area contributed by atoms with E-state index < -0.39 is 10.8 Å². The lowest BCUT2D eigenvalue weighted by molar-refractivity contribution is -0.385. The number of hydrogen-bond donors (Lipinski definition) is 1. The number of ether oxygens (including phenoxy) is 2. The summed E-state index contributed by atoms with van der Waals surface area (Å²) in [5.41, 5.74) is 1.62. The van der Waals surface area contributed by atoms with Gasteiger partial charge in [-0.1, -0.05) is 18.2 Å². The van der Waals surface area contributed by atoms with Crippen molar-refractivity contribution in [1.29, 1.82) is 0 Å². The summed E-state index contributed by atoms with van der Waals surface area (Å²) in [5, 5.41) is 14.0. The van der Waals surface area contributed by atoms with Gasteiger partial charge in [-0.15, -0.1) is 0 Å². The van der Waals surface area contributed by atoms with Crippen LogP contribution in [0.5, 0.6) is 5.75 Å². The maximum atomic E-state index is 12.6. The highest BCUT2D eigenvalue weighted by Crippen LogP contribution is 2.28. The van der Waals surface area contributed by atoms with Crippen molar-refractivity contribution in [2.24, 2.45) is 0 Å². The molecule has 1 saturated heterocycles. The van der Waals surface area contributed by atoms with Gasteiger partial charge < -0.3 is 14.8 Å². The van der Waals surface area contributed by atoms with Gasteiger partial charge in [0.1, 0.15) is 0 Å². The lowest BCUT2D eigenvalue weighted by Crippen LogP contribution is -2.35. The molecule has 0 unspecified atom stereocenters. The molecule has 8 nitrogen and oxygen atoms in total. The van der Waals surface area contributed by atoms with Crippen LogP contribution >= 0.6 is 0 Å². The fraction of sp³-hybridized carbons (Fsp3) is 0.316. The molecule has 0 radical (unpaired) electrons. The number of amides is 1. The molecule has 8 heteroatoms. The molecular weight excluding hydrogens is 350 g/mol. The quantitative estimate of drug-likeness (QED) is 0.620. The molecule has 1 heterocycles. The van der Waals surface area contributed by atoms with E-state index in [9.17, 15) is 14.9 Å². The minimum Gasteiger partial charge on any atom is -0.490 e. The number of carbonyl (C=O) groups is 1. The highest BCUT2D eigenvalue weighted by atomic mass is 16.6. The van der Waals surface area contributed by atoms with E-state index in [1.165, 1.54) is 25.3 Å². The largest absolute Gasteiger partial charge is 0.490 e. The Morgan fingerprint density at radius 3 is 2.70 bits per heavy atom. The molecule has 3 rings (SSSR count). The van der Waals surface area contributed by atoms with Crippen LogP contribution in [-0.2, 0) is 11.3 Å². The lowest BCUT2D eigenvalue weighted by Gasteiger charge is -2.27. The molecule has 2 aromatic rings. The average Bonchev–Trinajstić information content (AvgIpc) is 2.69. The number of anilines is 1. The zero-order chi connectivity index (χ0) is 19.2. The molecule has 142 valence electrons. The van der Waals surface area contributed by atoms with Crippen molar-refractivity contribution in [1.82, 2.24) is 4.90 Å². The van der Waals surface area contributed by atoms with Gasteiger partial charge in [0.25, 0.3) is 5.91 Å². The van der Waals surface area contributed by atoms with E-state index in [-0.39, 0.29) is 17.0 Å². The fourth-order valence-corrected chi connectivity index (χ4v) is 2.95. The van der Waals surface area contributed by atoms with Crippen LogP contribution in [0, 0.1) is 10.1 Å². The van der Waals surface area contributed by atoms with Crippen molar-refractivity contribution in [2.75, 3.05) is 38.7 Å². The number of nitrogens with zero attached hydrogens (tertiary/aromatic N) is 2. The number of methoxy groups -OCH3 is 1. The van der Waals surface area contributed by atoms with E-state index in [2.05, 4.69) is 10.2 Å². The number of para-hydroxylation sites is 1. The lowest BCUT2D eigenvalue weighted by atomic mass is 10.1. The van der Waals surface area contributed by atoms with Gasteiger partial charge in [0.05, 0.1) is 25.2 Å². The normalized spacial score (nSPS) is 14.6. The smallest absolute Gasteiger partial charge is 0.311 e. The summed E-state index contributed by atoms with van der Waals surface area (Å²) in [6.07, 6.45) is 0. The van der Waals surface area contributed by atoms with Gasteiger partial charge in [-0.2, -0.15) is 0 Å². The third kappa shape index (κ3) is 4.60. The summed E-state index contributed by atoms with van der Waals surface area (Å²) in [7, 11) is 1.35. The Balaban J connectivity index is 1.78. The Kier molecular flexibility index (Phi) is 6.00. The molecule has 0 aliphatic carbocycles. The molecule has 1 aliphatic heterocycles. The predicted molar refractivity (Wildman–Crippen MR) is 100 cm³/mol. The van der Waals surface area contributed by atoms with Crippen molar-refractivity contribution in [3.63, 3.8) is 0 Å². The van der Waals surface area contributed by atoms with E-state index in [0.29, 0.717) is 25.4 Å². The van der Waals surface area contributed by atoms with E-state index in [0.717, 1.165) is 18.7 Å². The number of nitrogens with one attached hydrogen (secondary N) is 1. The first-order valence-corrected chi connectivity index (χ1v) is 8.60. The van der Waals surface area contributed by atoms with Crippen LogP contribution in [0.4, 0.5) is 11.4 Å². The summed E-state index contributed by atoms with van der Waals surface area (Å²) in [4.78, 5) is 25.5. The van der Waals surface area contributed by atoms with E-state index in [1.807, 2.05) is 24.3 Å². The molecule has 2 aromatic carbocycles. The summed E-state index contributed by atoms with van der Waals surface area (Å²) >= 11 is 0. The predicted octanol–water partition coefficient (Wildman–Crippen LogP) is 2.69. The molecule has 1 fully saturated rings. The van der Waals surface area contributed by atoms with Crippen LogP contribution in [-0.4, -0.2) is 49.1 Å². The second-order valence-electron chi connectivity index (χ2n) is 6.14. The highest BCUT2D eigenvalue weighted by Gasteiger charge is 2.19. The molecule has 1 aliphatic rings. The van der Waals surface area contributed by atoms with Crippen molar-refractivity contribution in [3.8, 4) is 5.75 Å². The summed E-state index contributed by atoms with van der Waals surface area (Å²) in [6.45, 7) is 3.77. The molecule has 1 N–H and O–H groups in total. The van der Waals surface area contributed by atoms with Crippen molar-refractivity contribution in [2.45, 2.75) is 6.54 Å². The summed E-state index contributed by atoms with van der Waals surface area (Å²) in [5.74, 6) is -0.292. The number of rotatable bonds is 6. The molecular formula is C19H21N3O5. The fourth-order valence-electron chi connectivity index (χ4n) is 2.95. The van der Waals surface area contributed by atoms with Gasteiger partial charge in [-0.3, -0.25) is 19.8 Å². The Morgan fingerprint density at radius 2 is 2.00 bits per heavy atom. The van der Waals surface area contributed by atoms with Crippen molar-refractivity contribution >= 4 is 17.3 Å². The summed E-state index contributed by atoms with van der Waals surface area (Å²) in [6, 6.07) is 11.7. The van der Waals surface area contributed by atoms with Crippen LogP contribution in [0.3, 0.4) is 0 Å². The third-order valence-corrected chi connectivity index (χ3v) is 4.40. The van der Waals surface area contributed by atoms with Crippen LogP contribution in [0.25, 0.3) is 0 Å². The molecule has 0 spiro atoms. The third-order valence-electron chi connectivity index (χ3n) is 4.40. The number of nitro benzene ring substituents is 1. The molecule has 0 atom stereocenters. The van der Waals surface area contributed by atoms with Crippen molar-refractivity contribution < 1.29 is 19.2 Å². The molecule has 0 saturated carbocycles. The Labute approximate surface area is 156 Å². The van der Waals surface area contributed by atoms with Gasteiger partial charge in [0.2, 0.25) is 0 Å². The first-order valence-electron chi connectivity index (χ1n) is 8.60. The first-order chi connectivity index (χ1) is 13.1. The maximum Gasteiger partial charge on any atom is 0.311 e. The van der Waals surface area contributed by atoms with Gasteiger partial charge in [0, 0.05) is 37.0 Å². The first kappa shape index (κ1) is 18.8. The summed E-state index contributed by atoms with van der Waals surface area (Å²) < 4.78 is 10.3. The Hall–Kier alpha value is -2.97. The Morgan fingerprint density at radius 1 is 1.26 bits per heavy atom. The number of hydrogen-bond acceptors (Lipinski definition) is 6. The van der Waals surface area contributed by atoms with Crippen LogP contribution in [0.2, 0.25) is 0 Å². The minimum atomic E-state index is -0.567. The molecule has 27 heavy (non-hydrogen) atoms. The van der Waals surface area contributed by atoms with Gasteiger partial charge in [0.15, 0.2) is 5.75 Å². The van der Waals surface area contributed by atoms with E-state index >= 15 is 0 Å². The minimum absolute atomic E-state index is 0.115. The monoisotopic (exact) mass is 371 g/mol. The van der Waals surface area contributed by atoms with Crippen LogP contribution < -0.4 is 10.1 Å². The second kappa shape index (κ2) is 8.61. The second-order valence-corrected chi connectivity index (χ2v) is 6.14. The zero-order valence-corrected chi connectivity index (χ0v) is 15.0. The zero-order valence-electron chi connectivity index (χ0n) is 15.0. The standard InChI is InChI=1S/C19H21N3O5/c1-26-18-7-6-14(12-17(18)22(24)25)19(23)20-16-5-3-2-4-15(16)13-21-8-10-27-11-9-21/h2-7,12H,8-11,13H2,1H3,(H,20,23).